The first-order chi connectivity index (χ1) is 15.3. The molecule has 1 aromatic rings. The molecule has 0 radical (unpaired) electrons. The van der Waals surface area contributed by atoms with Gasteiger partial charge in [0.15, 0.2) is 18.4 Å². The first-order valence-corrected chi connectivity index (χ1v) is 9.15. The summed E-state index contributed by atoms with van der Waals surface area (Å²) in [6.07, 6.45) is -9.60. The van der Waals surface area contributed by atoms with Gasteiger partial charge in [0.05, 0.1) is 13.2 Å². The molecule has 1 amide bonds. The highest BCUT2D eigenvalue weighted by atomic mass is 19.4. The van der Waals surface area contributed by atoms with E-state index in [2.05, 4.69) is 11.8 Å². The summed E-state index contributed by atoms with van der Waals surface area (Å²) in [6, 6.07) is 0. The molecule has 2 rings (SSSR count). The number of aliphatic hydroxyl groups is 1. The molecule has 1 aliphatic heterocycles. The lowest BCUT2D eigenvalue weighted by molar-refractivity contribution is -0.173. The van der Waals surface area contributed by atoms with Crippen LogP contribution < -0.4 is 16.6 Å². The van der Waals surface area contributed by atoms with Gasteiger partial charge in [-0.15, -0.1) is 0 Å². The Morgan fingerprint density at radius 2 is 1.82 bits per heavy atom. The van der Waals surface area contributed by atoms with Crippen LogP contribution in [0.4, 0.5) is 13.2 Å². The van der Waals surface area contributed by atoms with Crippen molar-refractivity contribution in [3.8, 4) is 11.8 Å². The highest BCUT2D eigenvalue weighted by Gasteiger charge is 2.50. The topological polar surface area (TPSA) is 166 Å². The van der Waals surface area contributed by atoms with Crippen molar-refractivity contribution in [2.24, 2.45) is 0 Å². The number of amides is 1. The van der Waals surface area contributed by atoms with Crippen molar-refractivity contribution in [3.63, 3.8) is 0 Å². The lowest BCUT2D eigenvalue weighted by atomic mass is 10.1. The van der Waals surface area contributed by atoms with E-state index in [4.69, 9.17) is 14.2 Å². The Kier molecular flexibility index (Phi) is 8.01. The van der Waals surface area contributed by atoms with Crippen molar-refractivity contribution in [1.29, 1.82) is 0 Å². The number of hydrogen-bond donors (Lipinski definition) is 3. The predicted octanol–water partition coefficient (Wildman–Crippen LogP) is -1.68. The van der Waals surface area contributed by atoms with Crippen LogP contribution in [-0.4, -0.2) is 70.1 Å². The highest BCUT2D eigenvalue weighted by Crippen LogP contribution is 2.33. The molecule has 1 fully saturated rings. The van der Waals surface area contributed by atoms with Gasteiger partial charge < -0.3 is 24.6 Å². The van der Waals surface area contributed by atoms with Crippen molar-refractivity contribution in [1.82, 2.24) is 14.9 Å². The molecule has 3 N–H and O–H groups in total. The Labute approximate surface area is 182 Å². The Balaban J connectivity index is 2.39. The van der Waals surface area contributed by atoms with Gasteiger partial charge in [-0.05, 0) is 0 Å². The van der Waals surface area contributed by atoms with E-state index in [-0.39, 0.29) is 0 Å². The predicted molar refractivity (Wildman–Crippen MR) is 99.4 cm³/mol. The van der Waals surface area contributed by atoms with Crippen LogP contribution in [-0.2, 0) is 28.6 Å². The van der Waals surface area contributed by atoms with Gasteiger partial charge in [0, 0.05) is 20.0 Å². The monoisotopic (exact) mass is 477 g/mol. The van der Waals surface area contributed by atoms with Gasteiger partial charge in [0.1, 0.15) is 11.7 Å². The van der Waals surface area contributed by atoms with Crippen molar-refractivity contribution in [3.05, 3.63) is 32.6 Å². The van der Waals surface area contributed by atoms with Crippen molar-refractivity contribution in [2.45, 2.75) is 44.6 Å². The number of nitrogens with one attached hydrogen (secondary N) is 2. The fourth-order valence-corrected chi connectivity index (χ4v) is 2.86. The van der Waals surface area contributed by atoms with Crippen LogP contribution >= 0.6 is 0 Å². The molecule has 0 spiro atoms. The third-order valence-corrected chi connectivity index (χ3v) is 4.13. The molecule has 0 bridgehead atoms. The fourth-order valence-electron chi connectivity index (χ4n) is 2.86. The van der Waals surface area contributed by atoms with E-state index in [1.165, 1.54) is 5.32 Å². The molecule has 2 heterocycles. The maximum atomic E-state index is 12.4. The molecule has 33 heavy (non-hydrogen) atoms. The lowest BCUT2D eigenvalue weighted by Gasteiger charge is -2.23. The van der Waals surface area contributed by atoms with Crippen LogP contribution in [0.2, 0.25) is 0 Å². The van der Waals surface area contributed by atoms with Gasteiger partial charge in [0.2, 0.25) is 0 Å². The second kappa shape index (κ2) is 10.3. The van der Waals surface area contributed by atoms with Gasteiger partial charge in [-0.3, -0.25) is 28.7 Å². The molecule has 1 aromatic heterocycles. The van der Waals surface area contributed by atoms with Crippen LogP contribution in [0.25, 0.3) is 0 Å². The number of H-pyrrole nitrogens is 1. The minimum Gasteiger partial charge on any atom is -0.456 e. The zero-order valence-electron chi connectivity index (χ0n) is 17.1. The standard InChI is InChI=1S/C18H18F3N3O9/c1-8(26)31-12-11(7-25)33-15(13(12)32-9(2)27)24-6-10(14(28)23-17(24)30)4-3-5-22-16(29)18(19,20)21/h6,11-13,15,25H,5,7H2,1-2H3,(H,22,29)(H,23,28,30)/t11-,12-,13-,15-/m1/s1. The number of carbonyl (C=O) groups excluding carboxylic acids is 3. The average molecular weight is 477 g/mol. The van der Waals surface area contributed by atoms with E-state index in [9.17, 15) is 42.3 Å². The SMILES string of the molecule is CC(=O)O[C@@H]1[C@H](OC(C)=O)[C@@H](CO)O[C@H]1n1cc(C#CCNC(=O)C(F)(F)F)c(=O)[nH]c1=O. The van der Waals surface area contributed by atoms with E-state index < -0.39 is 78.5 Å². The van der Waals surface area contributed by atoms with E-state index in [0.717, 1.165) is 24.6 Å². The first-order valence-electron chi connectivity index (χ1n) is 9.15. The molecule has 1 saturated heterocycles. The van der Waals surface area contributed by atoms with Crippen LogP contribution in [0.5, 0.6) is 0 Å². The number of aliphatic hydroxyl groups excluding tert-OH is 1. The Morgan fingerprint density at radius 1 is 1.21 bits per heavy atom. The normalized spacial score (nSPS) is 22.1. The number of alkyl halides is 3. The first kappa shape index (κ1) is 25.6. The molecule has 180 valence electrons. The molecule has 0 saturated carbocycles. The smallest absolute Gasteiger partial charge is 0.456 e. The van der Waals surface area contributed by atoms with Crippen LogP contribution in [0.15, 0.2) is 15.8 Å². The van der Waals surface area contributed by atoms with Crippen molar-refractivity contribution in [2.75, 3.05) is 13.2 Å². The van der Waals surface area contributed by atoms with E-state index in [1.807, 2.05) is 4.98 Å². The summed E-state index contributed by atoms with van der Waals surface area (Å²) in [5, 5.41) is 11.0. The van der Waals surface area contributed by atoms with Gasteiger partial charge >= 0.3 is 29.7 Å². The largest absolute Gasteiger partial charge is 0.471 e. The van der Waals surface area contributed by atoms with Crippen molar-refractivity contribution >= 4 is 17.8 Å². The number of ether oxygens (including phenoxy) is 3. The Hall–Kier alpha value is -3.64. The van der Waals surface area contributed by atoms with Crippen LogP contribution in [0.1, 0.15) is 25.6 Å². The van der Waals surface area contributed by atoms with E-state index in [1.54, 1.807) is 0 Å². The van der Waals surface area contributed by atoms with Gasteiger partial charge in [0.25, 0.3) is 5.56 Å². The summed E-state index contributed by atoms with van der Waals surface area (Å²) >= 11 is 0. The number of rotatable bonds is 5. The fraction of sp³-hybridized carbons (Fsp3) is 0.500. The molecule has 1 aliphatic rings. The maximum absolute atomic E-state index is 12.4. The second-order valence-corrected chi connectivity index (χ2v) is 6.59. The summed E-state index contributed by atoms with van der Waals surface area (Å²) in [5.74, 6) is 0.477. The average Bonchev–Trinajstić information content (AvgIpc) is 3.01. The highest BCUT2D eigenvalue weighted by molar-refractivity contribution is 5.81. The molecule has 0 aromatic carbocycles. The Morgan fingerprint density at radius 3 is 2.36 bits per heavy atom. The van der Waals surface area contributed by atoms with Gasteiger partial charge in [-0.25, -0.2) is 4.79 Å². The quantitative estimate of drug-likeness (QED) is 0.332. The van der Waals surface area contributed by atoms with E-state index in [0.29, 0.717) is 0 Å². The molecule has 12 nitrogen and oxygen atoms in total. The molecule has 15 heteroatoms. The van der Waals surface area contributed by atoms with Crippen LogP contribution in [0.3, 0.4) is 0 Å². The molecule has 0 unspecified atom stereocenters. The zero-order chi connectivity index (χ0) is 24.9. The summed E-state index contributed by atoms with van der Waals surface area (Å²) in [6.45, 7) is 0.657. The molecule has 0 aliphatic carbocycles. The maximum Gasteiger partial charge on any atom is 0.471 e. The number of nitrogens with zero attached hydrogens (tertiary/aromatic N) is 1. The van der Waals surface area contributed by atoms with Gasteiger partial charge in [-0.1, -0.05) is 11.8 Å². The minimum atomic E-state index is -5.11. The number of halogens is 3. The molecule has 4 atom stereocenters. The Bertz CT molecular complexity index is 1100. The molecular weight excluding hydrogens is 459 g/mol. The summed E-state index contributed by atoms with van der Waals surface area (Å²) < 4.78 is 53.0. The third-order valence-electron chi connectivity index (χ3n) is 4.13. The number of aromatic nitrogens is 2. The van der Waals surface area contributed by atoms with E-state index >= 15 is 0 Å². The summed E-state index contributed by atoms with van der Waals surface area (Å²) in [7, 11) is 0. The molecular formula is C18H18F3N3O9. The zero-order valence-corrected chi connectivity index (χ0v) is 17.1. The minimum absolute atomic E-state index is 0.405. The number of hydrogen-bond acceptors (Lipinski definition) is 9. The van der Waals surface area contributed by atoms with Gasteiger partial charge in [-0.2, -0.15) is 13.2 Å². The van der Waals surface area contributed by atoms with Crippen LogP contribution in [0, 0.1) is 11.8 Å². The number of carbonyl (C=O) groups is 3. The number of esters is 2. The lowest BCUT2D eigenvalue weighted by Crippen LogP contribution is -2.42. The summed E-state index contributed by atoms with van der Waals surface area (Å²) in [5.41, 5.74) is -2.45. The second-order valence-electron chi connectivity index (χ2n) is 6.59. The summed E-state index contributed by atoms with van der Waals surface area (Å²) in [4.78, 5) is 60.0. The number of aromatic amines is 1. The van der Waals surface area contributed by atoms with Crippen molar-refractivity contribution < 1.29 is 46.9 Å². The third kappa shape index (κ3) is 6.43.